The number of hydrogen-bond donors (Lipinski definition) is 2. The second kappa shape index (κ2) is 12.4. The normalized spacial score (nSPS) is 17.1. The van der Waals surface area contributed by atoms with Crippen LogP contribution in [-0.2, 0) is 14.3 Å². The highest BCUT2D eigenvalue weighted by molar-refractivity contribution is 5.92. The molecule has 3 unspecified atom stereocenters. The number of aryl methyl sites for hydroxylation is 2. The van der Waals surface area contributed by atoms with E-state index in [4.69, 9.17) is 4.74 Å². The molecule has 0 bridgehead atoms. The second-order valence-electron chi connectivity index (χ2n) is 11.0. The largest absolute Gasteiger partial charge is 0.444 e. The minimum atomic E-state index is -0.809. The maximum absolute atomic E-state index is 13.8. The van der Waals surface area contributed by atoms with Crippen LogP contribution in [0.15, 0.2) is 18.2 Å². The van der Waals surface area contributed by atoms with E-state index in [1.54, 1.807) is 27.8 Å². The third-order valence-electron chi connectivity index (χ3n) is 6.93. The van der Waals surface area contributed by atoms with Gasteiger partial charge in [0.05, 0.1) is 0 Å². The summed E-state index contributed by atoms with van der Waals surface area (Å²) < 4.78 is 5.41. The molecule has 2 N–H and O–H groups in total. The van der Waals surface area contributed by atoms with Crippen molar-refractivity contribution in [1.82, 2.24) is 15.5 Å². The van der Waals surface area contributed by atoms with Gasteiger partial charge in [-0.1, -0.05) is 57.7 Å². The Hall–Kier alpha value is -2.57. The van der Waals surface area contributed by atoms with Crippen molar-refractivity contribution in [2.75, 3.05) is 7.05 Å². The third-order valence-corrected chi connectivity index (χ3v) is 6.93. The highest BCUT2D eigenvalue weighted by Gasteiger charge is 2.36. The van der Waals surface area contributed by atoms with Crippen molar-refractivity contribution in [1.29, 1.82) is 0 Å². The summed E-state index contributed by atoms with van der Waals surface area (Å²) in [6.45, 7) is 13.3. The first-order chi connectivity index (χ1) is 16.3. The van der Waals surface area contributed by atoms with Crippen LogP contribution in [0, 0.1) is 19.8 Å². The van der Waals surface area contributed by atoms with E-state index in [-0.39, 0.29) is 23.8 Å². The van der Waals surface area contributed by atoms with Crippen LogP contribution in [0.2, 0.25) is 0 Å². The fourth-order valence-electron chi connectivity index (χ4n) is 4.48. The highest BCUT2D eigenvalue weighted by Crippen LogP contribution is 2.26. The Labute approximate surface area is 211 Å². The van der Waals surface area contributed by atoms with Crippen LogP contribution in [-0.4, -0.2) is 47.5 Å². The van der Waals surface area contributed by atoms with E-state index in [0.717, 1.165) is 42.4 Å². The molecule has 1 aromatic carbocycles. The SMILES string of the molecule is CCC(C)C(NC(=O)OC(C)(C)C)C(=O)N(C)C(C(=O)NC1CCCCC1)c1ccc(C)c(C)c1. The molecular formula is C28H45N3O4. The Kier molecular flexibility index (Phi) is 10.2. The monoisotopic (exact) mass is 487 g/mol. The van der Waals surface area contributed by atoms with Gasteiger partial charge in [0, 0.05) is 13.1 Å². The number of nitrogens with zero attached hydrogens (tertiary/aromatic N) is 1. The Balaban J connectivity index is 2.35. The fraction of sp³-hybridized carbons (Fsp3) is 0.679. The summed E-state index contributed by atoms with van der Waals surface area (Å²) in [5.74, 6) is -0.636. The third kappa shape index (κ3) is 8.25. The summed E-state index contributed by atoms with van der Waals surface area (Å²) in [5.41, 5.74) is 2.26. The molecule has 0 heterocycles. The second-order valence-corrected chi connectivity index (χ2v) is 11.0. The first-order valence-electron chi connectivity index (χ1n) is 13.0. The summed E-state index contributed by atoms with van der Waals surface area (Å²) in [4.78, 5) is 41.4. The molecule has 1 aromatic rings. The minimum Gasteiger partial charge on any atom is -0.444 e. The van der Waals surface area contributed by atoms with Crippen molar-refractivity contribution in [2.45, 2.75) is 111 Å². The van der Waals surface area contributed by atoms with Crippen molar-refractivity contribution in [2.24, 2.45) is 5.92 Å². The van der Waals surface area contributed by atoms with E-state index in [1.165, 1.54) is 11.3 Å². The minimum absolute atomic E-state index is 0.124. The Morgan fingerprint density at radius 1 is 1.09 bits per heavy atom. The standard InChI is InChI=1S/C28H45N3O4/c1-9-18(2)23(30-27(34)35-28(5,6)7)26(33)31(8)24(21-16-15-19(3)20(4)17-21)25(32)29-22-13-11-10-12-14-22/h15-18,22-24H,9-14H2,1-8H3,(H,29,32)(H,30,34). The van der Waals surface area contributed by atoms with Crippen molar-refractivity contribution < 1.29 is 19.1 Å². The molecule has 35 heavy (non-hydrogen) atoms. The van der Waals surface area contributed by atoms with Gasteiger partial charge in [0.1, 0.15) is 17.7 Å². The maximum Gasteiger partial charge on any atom is 0.408 e. The molecule has 3 amide bonds. The number of nitrogens with one attached hydrogen (secondary N) is 2. The van der Waals surface area contributed by atoms with E-state index < -0.39 is 23.8 Å². The van der Waals surface area contributed by atoms with Crippen LogP contribution in [0.25, 0.3) is 0 Å². The van der Waals surface area contributed by atoms with Gasteiger partial charge >= 0.3 is 6.09 Å². The summed E-state index contributed by atoms with van der Waals surface area (Å²) in [5, 5.41) is 5.96. The molecule has 0 saturated heterocycles. The van der Waals surface area contributed by atoms with Crippen LogP contribution < -0.4 is 10.6 Å². The molecule has 0 aromatic heterocycles. The van der Waals surface area contributed by atoms with Crippen LogP contribution in [0.3, 0.4) is 0 Å². The van der Waals surface area contributed by atoms with Gasteiger partial charge in [-0.2, -0.15) is 0 Å². The lowest BCUT2D eigenvalue weighted by Crippen LogP contribution is -2.54. The molecule has 0 aliphatic heterocycles. The topological polar surface area (TPSA) is 87.7 Å². The lowest BCUT2D eigenvalue weighted by molar-refractivity contribution is -0.142. The van der Waals surface area contributed by atoms with Crippen LogP contribution in [0.4, 0.5) is 4.79 Å². The van der Waals surface area contributed by atoms with E-state index >= 15 is 0 Å². The fourth-order valence-corrected chi connectivity index (χ4v) is 4.48. The molecular weight excluding hydrogens is 442 g/mol. The number of benzene rings is 1. The molecule has 3 atom stereocenters. The van der Waals surface area contributed by atoms with Crippen molar-refractivity contribution in [3.63, 3.8) is 0 Å². The van der Waals surface area contributed by atoms with Crippen LogP contribution in [0.1, 0.15) is 95.9 Å². The zero-order valence-corrected chi connectivity index (χ0v) is 22.9. The predicted octanol–water partition coefficient (Wildman–Crippen LogP) is 5.19. The maximum atomic E-state index is 13.8. The number of ether oxygens (including phenoxy) is 1. The molecule has 1 saturated carbocycles. The Bertz CT molecular complexity index is 887. The number of rotatable bonds is 8. The molecule has 1 aliphatic rings. The smallest absolute Gasteiger partial charge is 0.408 e. The zero-order valence-electron chi connectivity index (χ0n) is 22.9. The van der Waals surface area contributed by atoms with E-state index in [1.807, 2.05) is 45.9 Å². The molecule has 7 nitrogen and oxygen atoms in total. The number of carbonyl (C=O) groups is 3. The van der Waals surface area contributed by atoms with Gasteiger partial charge in [0.2, 0.25) is 11.8 Å². The number of alkyl carbamates (subject to hydrolysis) is 1. The number of amides is 3. The molecule has 2 rings (SSSR count). The summed E-state index contributed by atoms with van der Waals surface area (Å²) in [6.07, 6.45) is 5.35. The van der Waals surface area contributed by atoms with Crippen LogP contribution in [0.5, 0.6) is 0 Å². The number of hydrogen-bond acceptors (Lipinski definition) is 4. The van der Waals surface area contributed by atoms with Gasteiger partial charge in [0.25, 0.3) is 0 Å². The van der Waals surface area contributed by atoms with E-state index in [9.17, 15) is 14.4 Å². The molecule has 1 aliphatic carbocycles. The summed E-state index contributed by atoms with van der Waals surface area (Å²) >= 11 is 0. The molecule has 1 fully saturated rings. The lowest BCUT2D eigenvalue weighted by atomic mass is 9.93. The van der Waals surface area contributed by atoms with Gasteiger partial charge in [-0.15, -0.1) is 0 Å². The lowest BCUT2D eigenvalue weighted by Gasteiger charge is -2.35. The van der Waals surface area contributed by atoms with Crippen molar-refractivity contribution >= 4 is 17.9 Å². The average molecular weight is 488 g/mol. The number of carbonyl (C=O) groups excluding carboxylic acids is 3. The first-order valence-corrected chi connectivity index (χ1v) is 13.0. The predicted molar refractivity (Wildman–Crippen MR) is 139 cm³/mol. The van der Waals surface area contributed by atoms with Gasteiger partial charge in [-0.3, -0.25) is 9.59 Å². The van der Waals surface area contributed by atoms with Crippen molar-refractivity contribution in [3.05, 3.63) is 34.9 Å². The summed E-state index contributed by atoms with van der Waals surface area (Å²) in [6, 6.07) is 4.39. The Morgan fingerprint density at radius 3 is 2.26 bits per heavy atom. The highest BCUT2D eigenvalue weighted by atomic mass is 16.6. The van der Waals surface area contributed by atoms with Crippen molar-refractivity contribution in [3.8, 4) is 0 Å². The first kappa shape index (κ1) is 28.7. The van der Waals surface area contributed by atoms with Gasteiger partial charge < -0.3 is 20.3 Å². The van der Waals surface area contributed by atoms with Crippen LogP contribution >= 0.6 is 0 Å². The summed E-state index contributed by atoms with van der Waals surface area (Å²) in [7, 11) is 1.65. The van der Waals surface area contributed by atoms with E-state index in [0.29, 0.717) is 6.42 Å². The van der Waals surface area contributed by atoms with Gasteiger partial charge in [0.15, 0.2) is 0 Å². The Morgan fingerprint density at radius 2 is 1.71 bits per heavy atom. The van der Waals surface area contributed by atoms with Gasteiger partial charge in [-0.25, -0.2) is 4.79 Å². The number of likely N-dealkylation sites (N-methyl/N-ethyl adjacent to an activating group) is 1. The molecule has 7 heteroatoms. The molecule has 0 radical (unpaired) electrons. The quantitative estimate of drug-likeness (QED) is 0.528. The van der Waals surface area contributed by atoms with Gasteiger partial charge in [-0.05, 0) is 70.1 Å². The average Bonchev–Trinajstić information content (AvgIpc) is 2.78. The molecule has 196 valence electrons. The van der Waals surface area contributed by atoms with E-state index in [2.05, 4.69) is 10.6 Å². The zero-order chi connectivity index (χ0) is 26.3. The molecule has 0 spiro atoms.